The van der Waals surface area contributed by atoms with Gasteiger partial charge in [-0.15, -0.1) is 0 Å². The van der Waals surface area contributed by atoms with Crippen LogP contribution in [-0.4, -0.2) is 9.55 Å². The Kier molecular flexibility index (Phi) is 2.75. The van der Waals surface area contributed by atoms with Crippen LogP contribution in [0.1, 0.15) is 17.3 Å². The summed E-state index contributed by atoms with van der Waals surface area (Å²) in [5.74, 6) is 0. The molecule has 0 aliphatic heterocycles. The zero-order valence-corrected chi connectivity index (χ0v) is 9.15. The van der Waals surface area contributed by atoms with Crippen molar-refractivity contribution in [3.05, 3.63) is 53.1 Å². The van der Waals surface area contributed by atoms with Crippen LogP contribution in [0.2, 0.25) is 5.02 Å². The lowest BCUT2D eigenvalue weighted by atomic mass is 10.1. The molecule has 1 unspecified atom stereocenters. The van der Waals surface area contributed by atoms with Crippen LogP contribution in [0.25, 0.3) is 0 Å². The van der Waals surface area contributed by atoms with E-state index in [9.17, 15) is 0 Å². The maximum absolute atomic E-state index is 6.07. The molecule has 0 radical (unpaired) electrons. The molecular weight excluding hydrogens is 210 g/mol. The number of nitrogens with zero attached hydrogens (tertiary/aromatic N) is 2. The molecule has 0 bridgehead atoms. The lowest BCUT2D eigenvalue weighted by molar-refractivity contribution is 0.835. The molecule has 0 saturated carbocycles. The maximum atomic E-state index is 6.07. The minimum Gasteiger partial charge on any atom is -0.340 e. The summed E-state index contributed by atoms with van der Waals surface area (Å²) in [4.78, 5) is 4.21. The van der Waals surface area contributed by atoms with Gasteiger partial charge in [-0.05, 0) is 11.6 Å². The summed E-state index contributed by atoms with van der Waals surface area (Å²) in [5.41, 5.74) is 7.80. The van der Waals surface area contributed by atoms with Gasteiger partial charge in [0, 0.05) is 18.3 Å². The number of hydrogen-bond acceptors (Lipinski definition) is 2. The highest BCUT2D eigenvalue weighted by molar-refractivity contribution is 6.31. The molecule has 0 aliphatic carbocycles. The van der Waals surface area contributed by atoms with Crippen molar-refractivity contribution in [3.63, 3.8) is 0 Å². The largest absolute Gasteiger partial charge is 0.340 e. The summed E-state index contributed by atoms with van der Waals surface area (Å²) in [6.45, 7) is 0. The molecule has 2 rings (SSSR count). The van der Waals surface area contributed by atoms with Crippen molar-refractivity contribution in [2.75, 3.05) is 0 Å². The topological polar surface area (TPSA) is 43.8 Å². The molecule has 4 heteroatoms. The van der Waals surface area contributed by atoms with Crippen LogP contribution in [0.5, 0.6) is 0 Å². The summed E-state index contributed by atoms with van der Waals surface area (Å²) in [5, 5.41) is 0.677. The SMILES string of the molecule is Cn1cnc(C(N)c2ccccc2Cl)c1. The molecule has 3 nitrogen and oxygen atoms in total. The molecule has 1 aromatic heterocycles. The van der Waals surface area contributed by atoms with E-state index in [1.807, 2.05) is 42.1 Å². The van der Waals surface area contributed by atoms with E-state index in [2.05, 4.69) is 4.98 Å². The molecule has 0 aliphatic rings. The van der Waals surface area contributed by atoms with E-state index >= 15 is 0 Å². The van der Waals surface area contributed by atoms with Crippen molar-refractivity contribution in [2.45, 2.75) is 6.04 Å². The molecule has 2 aromatic rings. The number of aromatic nitrogens is 2. The van der Waals surface area contributed by atoms with Crippen molar-refractivity contribution in [3.8, 4) is 0 Å². The molecule has 0 fully saturated rings. The van der Waals surface area contributed by atoms with Gasteiger partial charge in [-0.2, -0.15) is 0 Å². The number of benzene rings is 1. The average molecular weight is 222 g/mol. The van der Waals surface area contributed by atoms with Crippen molar-refractivity contribution in [1.82, 2.24) is 9.55 Å². The summed E-state index contributed by atoms with van der Waals surface area (Å²) in [7, 11) is 1.91. The number of hydrogen-bond donors (Lipinski definition) is 1. The second-order valence-electron chi connectivity index (χ2n) is 3.46. The third kappa shape index (κ3) is 2.03. The third-order valence-electron chi connectivity index (χ3n) is 2.28. The van der Waals surface area contributed by atoms with Gasteiger partial charge in [-0.1, -0.05) is 29.8 Å². The van der Waals surface area contributed by atoms with E-state index in [1.54, 1.807) is 6.33 Å². The third-order valence-corrected chi connectivity index (χ3v) is 2.63. The highest BCUT2D eigenvalue weighted by Gasteiger charge is 2.13. The smallest absolute Gasteiger partial charge is 0.0947 e. The van der Waals surface area contributed by atoms with E-state index in [0.717, 1.165) is 11.3 Å². The van der Waals surface area contributed by atoms with Crippen molar-refractivity contribution >= 4 is 11.6 Å². The Bertz CT molecular complexity index is 464. The number of rotatable bonds is 2. The Hall–Kier alpha value is -1.32. The quantitative estimate of drug-likeness (QED) is 0.844. The Labute approximate surface area is 93.5 Å². The molecule has 1 heterocycles. The lowest BCUT2D eigenvalue weighted by Crippen LogP contribution is -2.12. The number of halogens is 1. The minimum absolute atomic E-state index is 0.264. The number of aryl methyl sites for hydroxylation is 1. The van der Waals surface area contributed by atoms with Crippen LogP contribution >= 0.6 is 11.6 Å². The van der Waals surface area contributed by atoms with Crippen LogP contribution in [0.3, 0.4) is 0 Å². The molecular formula is C11H12ClN3. The summed E-state index contributed by atoms with van der Waals surface area (Å²) >= 11 is 6.06. The van der Waals surface area contributed by atoms with Gasteiger partial charge >= 0.3 is 0 Å². The van der Waals surface area contributed by atoms with Gasteiger partial charge in [0.2, 0.25) is 0 Å². The second-order valence-corrected chi connectivity index (χ2v) is 3.87. The van der Waals surface area contributed by atoms with Gasteiger partial charge in [0.15, 0.2) is 0 Å². The van der Waals surface area contributed by atoms with Crippen LogP contribution in [-0.2, 0) is 7.05 Å². The zero-order chi connectivity index (χ0) is 10.8. The predicted molar refractivity (Wildman–Crippen MR) is 60.7 cm³/mol. The fourth-order valence-corrected chi connectivity index (χ4v) is 1.73. The van der Waals surface area contributed by atoms with E-state index in [0.29, 0.717) is 5.02 Å². The molecule has 78 valence electrons. The first-order valence-corrected chi connectivity index (χ1v) is 5.04. The molecule has 0 spiro atoms. The van der Waals surface area contributed by atoms with Crippen molar-refractivity contribution in [2.24, 2.45) is 12.8 Å². The first kappa shape index (κ1) is 10.2. The van der Waals surface area contributed by atoms with Crippen molar-refractivity contribution in [1.29, 1.82) is 0 Å². The molecule has 0 saturated heterocycles. The molecule has 0 amide bonds. The minimum atomic E-state index is -0.264. The van der Waals surface area contributed by atoms with E-state index in [1.165, 1.54) is 0 Å². The van der Waals surface area contributed by atoms with Crippen molar-refractivity contribution < 1.29 is 0 Å². The van der Waals surface area contributed by atoms with Crippen LogP contribution in [0.4, 0.5) is 0 Å². The van der Waals surface area contributed by atoms with E-state index in [4.69, 9.17) is 17.3 Å². The Balaban J connectivity index is 2.36. The second kappa shape index (κ2) is 4.04. The molecule has 1 aromatic carbocycles. The van der Waals surface area contributed by atoms with Crippen LogP contribution in [0.15, 0.2) is 36.8 Å². The van der Waals surface area contributed by atoms with E-state index < -0.39 is 0 Å². The number of imidazole rings is 1. The number of nitrogens with two attached hydrogens (primary N) is 1. The van der Waals surface area contributed by atoms with Gasteiger partial charge in [0.25, 0.3) is 0 Å². The molecule has 2 N–H and O–H groups in total. The molecule has 15 heavy (non-hydrogen) atoms. The van der Waals surface area contributed by atoms with E-state index in [-0.39, 0.29) is 6.04 Å². The van der Waals surface area contributed by atoms with Crippen LogP contribution < -0.4 is 5.73 Å². The summed E-state index contributed by atoms with van der Waals surface area (Å²) in [6.07, 6.45) is 3.63. The highest BCUT2D eigenvalue weighted by atomic mass is 35.5. The van der Waals surface area contributed by atoms with Gasteiger partial charge in [-0.3, -0.25) is 0 Å². The first-order chi connectivity index (χ1) is 7.18. The fraction of sp³-hybridized carbons (Fsp3) is 0.182. The summed E-state index contributed by atoms with van der Waals surface area (Å²) in [6, 6.07) is 7.29. The van der Waals surface area contributed by atoms with Gasteiger partial charge in [-0.25, -0.2) is 4.98 Å². The van der Waals surface area contributed by atoms with Gasteiger partial charge < -0.3 is 10.3 Å². The standard InChI is InChI=1S/C11H12ClN3/c1-15-6-10(14-7-15)11(13)8-4-2-3-5-9(8)12/h2-7,11H,13H2,1H3. The van der Waals surface area contributed by atoms with Gasteiger partial charge in [0.1, 0.15) is 0 Å². The zero-order valence-electron chi connectivity index (χ0n) is 8.39. The Morgan fingerprint density at radius 2 is 2.13 bits per heavy atom. The summed E-state index contributed by atoms with van der Waals surface area (Å²) < 4.78 is 1.87. The van der Waals surface area contributed by atoms with Crippen LogP contribution in [0, 0.1) is 0 Å². The lowest BCUT2D eigenvalue weighted by Gasteiger charge is -2.10. The van der Waals surface area contributed by atoms with Gasteiger partial charge in [0.05, 0.1) is 18.1 Å². The first-order valence-electron chi connectivity index (χ1n) is 4.66. The highest BCUT2D eigenvalue weighted by Crippen LogP contribution is 2.24. The Morgan fingerprint density at radius 3 is 2.73 bits per heavy atom. The average Bonchev–Trinajstić information content (AvgIpc) is 2.65. The maximum Gasteiger partial charge on any atom is 0.0947 e. The Morgan fingerprint density at radius 1 is 1.40 bits per heavy atom. The predicted octanol–water partition coefficient (Wildman–Crippen LogP) is 2.12. The fourth-order valence-electron chi connectivity index (χ4n) is 1.48. The monoisotopic (exact) mass is 221 g/mol. The molecule has 1 atom stereocenters. The normalized spacial score (nSPS) is 12.7.